The van der Waals surface area contributed by atoms with Gasteiger partial charge < -0.3 is 24.8 Å². The maximum Gasteiger partial charge on any atom is 0.194 e. The maximum absolute atomic E-state index is 5.36. The monoisotopic (exact) mass is 406 g/mol. The molecule has 0 radical (unpaired) electrons. The molecule has 0 saturated carbocycles. The summed E-state index contributed by atoms with van der Waals surface area (Å²) in [5, 5.41) is 3.44. The molecule has 1 aromatic heterocycles. The number of nitrogens with one attached hydrogen (secondary N) is 2. The van der Waals surface area contributed by atoms with Crippen molar-refractivity contribution in [3.63, 3.8) is 0 Å². The van der Waals surface area contributed by atoms with Gasteiger partial charge in [-0.2, -0.15) is 0 Å². The first-order valence-electron chi connectivity index (χ1n) is 10.6. The second-order valence-electron chi connectivity index (χ2n) is 7.36. The molecular weight excluding hydrogens is 376 g/mol. The average Bonchev–Trinajstić information content (AvgIpc) is 3.21. The molecule has 2 N–H and O–H groups in total. The van der Waals surface area contributed by atoms with Gasteiger partial charge in [0.2, 0.25) is 0 Å². The van der Waals surface area contributed by atoms with Crippen molar-refractivity contribution in [1.82, 2.24) is 20.2 Å². The van der Waals surface area contributed by atoms with Crippen LogP contribution in [-0.2, 0) is 6.42 Å². The average molecular weight is 407 g/mol. The molecule has 3 aromatic rings. The van der Waals surface area contributed by atoms with Crippen LogP contribution in [0.3, 0.4) is 0 Å². The summed E-state index contributed by atoms with van der Waals surface area (Å²) in [6.45, 7) is 7.47. The summed E-state index contributed by atoms with van der Waals surface area (Å²) in [5.74, 6) is 2.87. The van der Waals surface area contributed by atoms with Gasteiger partial charge in [0.05, 0.1) is 18.1 Å². The lowest BCUT2D eigenvalue weighted by atomic mass is 10.2. The summed E-state index contributed by atoms with van der Waals surface area (Å²) in [6.07, 6.45) is 0.799. The molecule has 0 unspecified atom stereocenters. The van der Waals surface area contributed by atoms with Crippen LogP contribution in [0.2, 0.25) is 0 Å². The fourth-order valence-corrected chi connectivity index (χ4v) is 3.80. The van der Waals surface area contributed by atoms with Crippen LogP contribution in [-0.4, -0.2) is 67.2 Å². The summed E-state index contributed by atoms with van der Waals surface area (Å²) >= 11 is 0. The summed E-state index contributed by atoms with van der Waals surface area (Å²) < 4.78 is 5.36. The molecule has 30 heavy (non-hydrogen) atoms. The van der Waals surface area contributed by atoms with E-state index in [1.807, 2.05) is 30.3 Å². The van der Waals surface area contributed by atoms with E-state index in [1.165, 1.54) is 5.69 Å². The SMILES string of the molecule is CCNC(=NCCc1nc2ccccc2[nH]1)N1CCN(c2cccc(OC)c2)CC1. The van der Waals surface area contributed by atoms with Crippen LogP contribution in [0.1, 0.15) is 12.7 Å². The lowest BCUT2D eigenvalue weighted by molar-refractivity contribution is 0.372. The van der Waals surface area contributed by atoms with Crippen molar-refractivity contribution >= 4 is 22.7 Å². The third-order valence-electron chi connectivity index (χ3n) is 5.38. The zero-order valence-electron chi connectivity index (χ0n) is 17.8. The van der Waals surface area contributed by atoms with Crippen LogP contribution < -0.4 is 15.0 Å². The molecule has 1 aliphatic heterocycles. The van der Waals surface area contributed by atoms with E-state index in [0.717, 1.165) is 67.7 Å². The zero-order valence-corrected chi connectivity index (χ0v) is 17.8. The number of methoxy groups -OCH3 is 1. The van der Waals surface area contributed by atoms with E-state index in [9.17, 15) is 0 Å². The third kappa shape index (κ3) is 4.67. The summed E-state index contributed by atoms with van der Waals surface area (Å²) in [4.78, 5) is 17.6. The fourth-order valence-electron chi connectivity index (χ4n) is 3.80. The van der Waals surface area contributed by atoms with Crippen LogP contribution >= 0.6 is 0 Å². The number of aromatic amines is 1. The van der Waals surface area contributed by atoms with Crippen molar-refractivity contribution in [3.8, 4) is 5.75 Å². The number of guanidine groups is 1. The minimum atomic E-state index is 0.707. The van der Waals surface area contributed by atoms with Gasteiger partial charge >= 0.3 is 0 Å². The number of aromatic nitrogens is 2. The molecule has 7 heteroatoms. The topological polar surface area (TPSA) is 68.8 Å². The van der Waals surface area contributed by atoms with Gasteiger partial charge in [0.1, 0.15) is 11.6 Å². The zero-order chi connectivity index (χ0) is 20.8. The largest absolute Gasteiger partial charge is 0.497 e. The van der Waals surface area contributed by atoms with Gasteiger partial charge in [-0.1, -0.05) is 18.2 Å². The van der Waals surface area contributed by atoms with Crippen molar-refractivity contribution in [2.75, 3.05) is 51.3 Å². The van der Waals surface area contributed by atoms with Gasteiger partial charge in [0.25, 0.3) is 0 Å². The first kappa shape index (κ1) is 20.1. The second-order valence-corrected chi connectivity index (χ2v) is 7.36. The van der Waals surface area contributed by atoms with Gasteiger partial charge in [-0.25, -0.2) is 4.98 Å². The molecule has 158 valence electrons. The Hall–Kier alpha value is -3.22. The lowest BCUT2D eigenvalue weighted by Gasteiger charge is -2.37. The number of hydrogen-bond acceptors (Lipinski definition) is 4. The number of aliphatic imine (C=N–C) groups is 1. The third-order valence-corrected chi connectivity index (χ3v) is 5.38. The van der Waals surface area contributed by atoms with E-state index >= 15 is 0 Å². The van der Waals surface area contributed by atoms with E-state index in [-0.39, 0.29) is 0 Å². The smallest absolute Gasteiger partial charge is 0.194 e. The predicted molar refractivity (Wildman–Crippen MR) is 123 cm³/mol. The molecule has 4 rings (SSSR count). The van der Waals surface area contributed by atoms with Gasteiger partial charge in [0, 0.05) is 57.4 Å². The summed E-state index contributed by atoms with van der Waals surface area (Å²) in [6, 6.07) is 16.4. The van der Waals surface area contributed by atoms with Gasteiger partial charge in [-0.15, -0.1) is 0 Å². The highest BCUT2D eigenvalue weighted by Crippen LogP contribution is 2.22. The Morgan fingerprint density at radius 1 is 1.13 bits per heavy atom. The van der Waals surface area contributed by atoms with E-state index in [4.69, 9.17) is 9.73 Å². The van der Waals surface area contributed by atoms with Crippen LogP contribution in [0.5, 0.6) is 5.75 Å². The Morgan fingerprint density at radius 2 is 1.97 bits per heavy atom. The second kappa shape index (κ2) is 9.52. The number of imidazole rings is 1. The molecule has 2 heterocycles. The number of hydrogen-bond donors (Lipinski definition) is 2. The van der Waals surface area contributed by atoms with Gasteiger partial charge in [0.15, 0.2) is 5.96 Å². The van der Waals surface area contributed by atoms with Crippen molar-refractivity contribution in [2.45, 2.75) is 13.3 Å². The van der Waals surface area contributed by atoms with Crippen LogP contribution in [0.15, 0.2) is 53.5 Å². The molecule has 1 fully saturated rings. The normalized spacial score (nSPS) is 14.9. The molecule has 1 aliphatic rings. The minimum absolute atomic E-state index is 0.707. The van der Waals surface area contributed by atoms with Crippen molar-refractivity contribution in [2.24, 2.45) is 4.99 Å². The van der Waals surface area contributed by atoms with Crippen molar-refractivity contribution in [3.05, 3.63) is 54.4 Å². The Balaban J connectivity index is 1.35. The first-order chi connectivity index (χ1) is 14.8. The highest BCUT2D eigenvalue weighted by atomic mass is 16.5. The number of ether oxygens (including phenoxy) is 1. The van der Waals surface area contributed by atoms with Crippen molar-refractivity contribution in [1.29, 1.82) is 0 Å². The van der Waals surface area contributed by atoms with E-state index in [2.05, 4.69) is 50.2 Å². The molecule has 2 aromatic carbocycles. The number of fused-ring (bicyclic) bond motifs is 1. The van der Waals surface area contributed by atoms with Crippen LogP contribution in [0, 0.1) is 0 Å². The molecule has 0 atom stereocenters. The highest BCUT2D eigenvalue weighted by molar-refractivity contribution is 5.80. The Labute approximate surface area is 177 Å². The molecule has 0 spiro atoms. The van der Waals surface area contributed by atoms with Gasteiger partial charge in [-0.05, 0) is 31.2 Å². The number of nitrogens with zero attached hydrogens (tertiary/aromatic N) is 4. The number of anilines is 1. The Bertz CT molecular complexity index is 957. The Morgan fingerprint density at radius 3 is 2.73 bits per heavy atom. The number of piperazine rings is 1. The number of para-hydroxylation sites is 2. The molecular formula is C23H30N6O. The number of benzene rings is 2. The molecule has 1 saturated heterocycles. The lowest BCUT2D eigenvalue weighted by Crippen LogP contribution is -2.52. The minimum Gasteiger partial charge on any atom is -0.497 e. The molecule has 0 aliphatic carbocycles. The van der Waals surface area contributed by atoms with E-state index in [1.54, 1.807) is 7.11 Å². The predicted octanol–water partition coefficient (Wildman–Crippen LogP) is 2.90. The highest BCUT2D eigenvalue weighted by Gasteiger charge is 2.20. The molecule has 7 nitrogen and oxygen atoms in total. The fraction of sp³-hybridized carbons (Fsp3) is 0.391. The molecule has 0 amide bonds. The maximum atomic E-state index is 5.36. The van der Waals surface area contributed by atoms with Crippen LogP contribution in [0.25, 0.3) is 11.0 Å². The summed E-state index contributed by atoms with van der Waals surface area (Å²) in [5.41, 5.74) is 3.30. The quantitative estimate of drug-likeness (QED) is 0.487. The van der Waals surface area contributed by atoms with E-state index < -0.39 is 0 Å². The van der Waals surface area contributed by atoms with Crippen molar-refractivity contribution < 1.29 is 4.74 Å². The Kier molecular flexibility index (Phi) is 6.37. The first-order valence-corrected chi connectivity index (χ1v) is 10.6. The van der Waals surface area contributed by atoms with Crippen LogP contribution in [0.4, 0.5) is 5.69 Å². The standard InChI is InChI=1S/C23H30N6O/c1-3-24-23(25-12-11-22-26-20-9-4-5-10-21(20)27-22)29-15-13-28(14-16-29)18-7-6-8-19(17-18)30-2/h4-10,17H,3,11-16H2,1-2H3,(H,24,25)(H,26,27). The summed E-state index contributed by atoms with van der Waals surface area (Å²) in [7, 11) is 1.71. The number of H-pyrrole nitrogens is 1. The van der Waals surface area contributed by atoms with E-state index in [0.29, 0.717) is 6.54 Å². The molecule has 0 bridgehead atoms. The number of rotatable bonds is 6. The van der Waals surface area contributed by atoms with Gasteiger partial charge in [-0.3, -0.25) is 4.99 Å².